The minimum Gasteiger partial charge on any atom is -0.340 e. The average Bonchev–Trinajstić information content (AvgIpc) is 3.47. The van der Waals surface area contributed by atoms with Crippen molar-refractivity contribution in [3.63, 3.8) is 0 Å². The van der Waals surface area contributed by atoms with Crippen molar-refractivity contribution in [1.82, 2.24) is 24.7 Å². The highest BCUT2D eigenvalue weighted by molar-refractivity contribution is 5.81. The van der Waals surface area contributed by atoms with E-state index >= 15 is 0 Å². The molecule has 3 amide bonds. The maximum atomic E-state index is 12.6. The maximum Gasteiger partial charge on any atom is 0.317 e. The number of fused-ring (bicyclic) bond motifs is 1. The molecule has 7 nitrogen and oxygen atoms in total. The summed E-state index contributed by atoms with van der Waals surface area (Å²) in [5, 5.41) is 3.09. The molecule has 4 rings (SSSR count). The Labute approximate surface area is 159 Å². The third-order valence-corrected chi connectivity index (χ3v) is 5.59. The number of piperidine rings is 1. The zero-order valence-corrected chi connectivity index (χ0v) is 16.0. The Morgan fingerprint density at radius 3 is 2.78 bits per heavy atom. The zero-order chi connectivity index (χ0) is 19.0. The maximum absolute atomic E-state index is 12.6. The number of amides is 3. The summed E-state index contributed by atoms with van der Waals surface area (Å²) in [6.45, 7) is 1.88. The molecule has 1 saturated heterocycles. The molecule has 1 atom stereocenters. The van der Waals surface area contributed by atoms with E-state index in [9.17, 15) is 9.59 Å². The first kappa shape index (κ1) is 17.8. The zero-order valence-electron chi connectivity index (χ0n) is 16.0. The van der Waals surface area contributed by atoms with Gasteiger partial charge in [0.15, 0.2) is 0 Å². The molecular weight excluding hydrogens is 342 g/mol. The van der Waals surface area contributed by atoms with Crippen molar-refractivity contribution in [2.24, 2.45) is 13.0 Å². The number of nitrogens with zero attached hydrogens (tertiary/aromatic N) is 4. The van der Waals surface area contributed by atoms with E-state index in [2.05, 4.69) is 10.3 Å². The van der Waals surface area contributed by atoms with E-state index in [4.69, 9.17) is 0 Å². The van der Waals surface area contributed by atoms with Gasteiger partial charge >= 0.3 is 6.03 Å². The van der Waals surface area contributed by atoms with Crippen LogP contribution in [0.1, 0.15) is 31.5 Å². The van der Waals surface area contributed by atoms with Crippen LogP contribution >= 0.6 is 0 Å². The number of imidazole rings is 1. The van der Waals surface area contributed by atoms with E-state index in [1.807, 2.05) is 40.8 Å². The number of para-hydroxylation sites is 2. The minimum absolute atomic E-state index is 0.0249. The first-order valence-electron chi connectivity index (χ1n) is 9.73. The van der Waals surface area contributed by atoms with Gasteiger partial charge in [0.1, 0.15) is 5.82 Å². The van der Waals surface area contributed by atoms with Gasteiger partial charge in [-0.15, -0.1) is 0 Å². The van der Waals surface area contributed by atoms with Crippen molar-refractivity contribution < 1.29 is 9.59 Å². The van der Waals surface area contributed by atoms with Crippen molar-refractivity contribution >= 4 is 23.0 Å². The third kappa shape index (κ3) is 3.77. The summed E-state index contributed by atoms with van der Waals surface area (Å²) < 4.78 is 2.02. The Balaban J connectivity index is 1.35. The Bertz CT molecular complexity index is 857. The van der Waals surface area contributed by atoms with Crippen molar-refractivity contribution in [1.29, 1.82) is 0 Å². The van der Waals surface area contributed by atoms with Crippen molar-refractivity contribution in [2.75, 3.05) is 20.1 Å². The van der Waals surface area contributed by atoms with Gasteiger partial charge in [0.2, 0.25) is 5.91 Å². The molecule has 0 radical (unpaired) electrons. The van der Waals surface area contributed by atoms with E-state index < -0.39 is 0 Å². The van der Waals surface area contributed by atoms with E-state index in [-0.39, 0.29) is 23.9 Å². The molecule has 27 heavy (non-hydrogen) atoms. The topological polar surface area (TPSA) is 70.5 Å². The predicted molar refractivity (Wildman–Crippen MR) is 103 cm³/mol. The quantitative estimate of drug-likeness (QED) is 0.897. The fraction of sp³-hybridized carbons (Fsp3) is 0.550. The lowest BCUT2D eigenvalue weighted by Crippen LogP contribution is -2.52. The fourth-order valence-electron chi connectivity index (χ4n) is 3.79. The fourth-order valence-corrected chi connectivity index (χ4v) is 3.79. The van der Waals surface area contributed by atoms with Gasteiger partial charge in [-0.05, 0) is 37.8 Å². The number of likely N-dealkylation sites (tertiary alicyclic amines) is 1. The SMILES string of the molecule is CN(Cc1nc2ccccc2n1C)C(=O)NC1CCCN(C(=O)C2CC2)C1. The molecule has 7 heteroatoms. The highest BCUT2D eigenvalue weighted by Crippen LogP contribution is 2.31. The Morgan fingerprint density at radius 2 is 2.04 bits per heavy atom. The molecule has 1 aromatic carbocycles. The summed E-state index contributed by atoms with van der Waals surface area (Å²) >= 11 is 0. The Kier molecular flexibility index (Phi) is 4.76. The van der Waals surface area contributed by atoms with Crippen LogP contribution in [0.5, 0.6) is 0 Å². The smallest absolute Gasteiger partial charge is 0.317 e. The number of hydrogen-bond acceptors (Lipinski definition) is 3. The minimum atomic E-state index is -0.118. The number of aromatic nitrogens is 2. The summed E-state index contributed by atoms with van der Waals surface area (Å²) in [6, 6.07) is 7.87. The number of nitrogens with one attached hydrogen (secondary N) is 1. The molecule has 2 aliphatic rings. The largest absolute Gasteiger partial charge is 0.340 e. The number of rotatable bonds is 4. The van der Waals surface area contributed by atoms with Crippen molar-refractivity contribution in [2.45, 2.75) is 38.3 Å². The molecule has 2 aromatic rings. The van der Waals surface area contributed by atoms with Gasteiger partial charge in [0.25, 0.3) is 0 Å². The van der Waals surface area contributed by atoms with Crippen LogP contribution in [0.15, 0.2) is 24.3 Å². The van der Waals surface area contributed by atoms with Crippen LogP contribution in [-0.2, 0) is 18.4 Å². The van der Waals surface area contributed by atoms with E-state index in [0.717, 1.165) is 49.1 Å². The second-order valence-electron chi connectivity index (χ2n) is 7.78. The third-order valence-electron chi connectivity index (χ3n) is 5.59. The average molecular weight is 369 g/mol. The van der Waals surface area contributed by atoms with Crippen LogP contribution in [0.25, 0.3) is 11.0 Å². The summed E-state index contributed by atoms with van der Waals surface area (Å²) in [4.78, 5) is 33.1. The first-order chi connectivity index (χ1) is 13.0. The summed E-state index contributed by atoms with van der Waals surface area (Å²) in [5.74, 6) is 1.35. The van der Waals surface area contributed by atoms with Gasteiger partial charge < -0.3 is 19.7 Å². The number of hydrogen-bond donors (Lipinski definition) is 1. The van der Waals surface area contributed by atoms with Crippen molar-refractivity contribution in [3.8, 4) is 0 Å². The molecule has 1 aliphatic carbocycles. The van der Waals surface area contributed by atoms with Gasteiger partial charge in [0, 0.05) is 39.1 Å². The van der Waals surface area contributed by atoms with Crippen LogP contribution < -0.4 is 5.32 Å². The number of urea groups is 1. The van der Waals surface area contributed by atoms with Crippen LogP contribution in [0.3, 0.4) is 0 Å². The lowest BCUT2D eigenvalue weighted by Gasteiger charge is -2.34. The number of carbonyl (C=O) groups excluding carboxylic acids is 2. The molecule has 2 heterocycles. The van der Waals surface area contributed by atoms with Crippen molar-refractivity contribution in [3.05, 3.63) is 30.1 Å². The Hall–Kier alpha value is -2.57. The predicted octanol–water partition coefficient (Wildman–Crippen LogP) is 2.12. The molecular formula is C20H27N5O2. The molecule has 1 unspecified atom stereocenters. The summed E-state index contributed by atoms with van der Waals surface area (Å²) in [6.07, 6.45) is 3.90. The second-order valence-corrected chi connectivity index (χ2v) is 7.78. The van der Waals surface area contributed by atoms with Crippen LogP contribution in [-0.4, -0.2) is 57.5 Å². The van der Waals surface area contributed by atoms with Gasteiger partial charge in [-0.25, -0.2) is 9.78 Å². The second kappa shape index (κ2) is 7.21. The monoisotopic (exact) mass is 369 g/mol. The summed E-state index contributed by atoms with van der Waals surface area (Å²) in [7, 11) is 3.75. The molecule has 1 aromatic heterocycles. The first-order valence-corrected chi connectivity index (χ1v) is 9.73. The summed E-state index contributed by atoms with van der Waals surface area (Å²) in [5.41, 5.74) is 1.99. The molecule has 144 valence electrons. The van der Waals surface area contributed by atoms with Crippen LogP contribution in [0.2, 0.25) is 0 Å². The molecule has 0 spiro atoms. The van der Waals surface area contributed by atoms with Gasteiger partial charge in [0.05, 0.1) is 17.6 Å². The lowest BCUT2D eigenvalue weighted by molar-refractivity contribution is -0.133. The van der Waals surface area contributed by atoms with E-state index in [0.29, 0.717) is 13.1 Å². The Morgan fingerprint density at radius 1 is 1.26 bits per heavy atom. The number of aryl methyl sites for hydroxylation is 1. The molecule has 1 saturated carbocycles. The van der Waals surface area contributed by atoms with Crippen LogP contribution in [0, 0.1) is 5.92 Å². The normalized spacial score (nSPS) is 19.9. The highest BCUT2D eigenvalue weighted by atomic mass is 16.2. The molecule has 2 fully saturated rings. The van der Waals surface area contributed by atoms with Gasteiger partial charge in [-0.2, -0.15) is 0 Å². The molecule has 1 N–H and O–H groups in total. The highest BCUT2D eigenvalue weighted by Gasteiger charge is 2.35. The molecule has 1 aliphatic heterocycles. The standard InChI is InChI=1S/C20H27N5O2/c1-23(13-18-22-16-7-3-4-8-17(16)24(18)2)20(27)21-15-6-5-11-25(12-15)19(26)14-9-10-14/h3-4,7-8,14-15H,5-6,9-13H2,1-2H3,(H,21,27). The number of benzene rings is 1. The molecule has 0 bridgehead atoms. The van der Waals surface area contributed by atoms with Crippen LogP contribution in [0.4, 0.5) is 4.79 Å². The number of carbonyl (C=O) groups is 2. The lowest BCUT2D eigenvalue weighted by atomic mass is 10.1. The van der Waals surface area contributed by atoms with Gasteiger partial charge in [-0.3, -0.25) is 4.79 Å². The van der Waals surface area contributed by atoms with E-state index in [1.165, 1.54) is 0 Å². The van der Waals surface area contributed by atoms with Gasteiger partial charge in [-0.1, -0.05) is 12.1 Å². The van der Waals surface area contributed by atoms with E-state index in [1.54, 1.807) is 11.9 Å².